The van der Waals surface area contributed by atoms with Gasteiger partial charge in [0.15, 0.2) is 6.19 Å². The summed E-state index contributed by atoms with van der Waals surface area (Å²) < 4.78 is 0. The van der Waals surface area contributed by atoms with Crippen molar-refractivity contribution in [3.05, 3.63) is 0 Å². The molecule has 0 aliphatic carbocycles. The predicted molar refractivity (Wildman–Crippen MR) is 30.7 cm³/mol. The summed E-state index contributed by atoms with van der Waals surface area (Å²) >= 11 is 0. The van der Waals surface area contributed by atoms with E-state index in [0.29, 0.717) is 0 Å². The lowest BCUT2D eigenvalue weighted by Crippen LogP contribution is -1.98. The Kier molecular flexibility index (Phi) is 4.50. The molecule has 3 nitrogen and oxygen atoms in total. The quantitative estimate of drug-likeness (QED) is 0.169. The lowest BCUT2D eigenvalue weighted by Gasteiger charge is -1.71. The van der Waals surface area contributed by atoms with Gasteiger partial charge in [-0.15, -0.1) is 0 Å². The summed E-state index contributed by atoms with van der Waals surface area (Å²) in [5.41, 5.74) is 0. The molecule has 0 spiro atoms. The van der Waals surface area contributed by atoms with Gasteiger partial charge in [-0.3, -0.25) is 5.32 Å². The van der Waals surface area contributed by atoms with Crippen molar-refractivity contribution in [2.24, 2.45) is 4.99 Å². The van der Waals surface area contributed by atoms with Gasteiger partial charge >= 0.3 is 0 Å². The van der Waals surface area contributed by atoms with Crippen LogP contribution in [-0.4, -0.2) is 6.34 Å². The van der Waals surface area contributed by atoms with Crippen LogP contribution in [0.5, 0.6) is 0 Å². The molecule has 40 valence electrons. The van der Waals surface area contributed by atoms with E-state index in [9.17, 15) is 0 Å². The summed E-state index contributed by atoms with van der Waals surface area (Å²) in [6, 6.07) is 2.39. The van der Waals surface area contributed by atoms with Gasteiger partial charge in [-0.2, -0.15) is 10.3 Å². The second-order valence-corrected chi connectivity index (χ2v) is 0.876. The van der Waals surface area contributed by atoms with Crippen LogP contribution >= 0.6 is 0 Å². The first-order valence-electron chi connectivity index (χ1n) is 1.99. The summed E-state index contributed by atoms with van der Waals surface area (Å²) in [4.78, 5) is 3.46. The molecule has 0 bridgehead atoms. The average Bonchev–Trinajstić information content (AvgIpc) is 1.81. The maximum Gasteiger partial charge on any atom is 0.182 e. The van der Waals surface area contributed by atoms with E-state index >= 15 is 0 Å². The third-order valence-corrected chi connectivity index (χ3v) is 0.370. The molecule has 0 saturated carbocycles. The molecule has 0 aromatic carbocycles. The molecule has 0 radical (unpaired) electrons. The minimum Gasteiger partial charge on any atom is -0.282 e. The molecule has 0 aromatic heterocycles. The highest BCUT2D eigenvalue weighted by Crippen LogP contribution is 1.53. The smallest absolute Gasteiger partial charge is 0.182 e. The van der Waals surface area contributed by atoms with Gasteiger partial charge in [-0.25, -0.2) is 0 Å². The van der Waals surface area contributed by atoms with Crippen LogP contribution in [0.15, 0.2) is 4.99 Å². The van der Waals surface area contributed by atoms with Gasteiger partial charge in [0.2, 0.25) is 0 Å². The Hall–Kier alpha value is -1.48. The first-order chi connectivity index (χ1) is 3.91. The number of nitriles is 1. The van der Waals surface area contributed by atoms with Crippen molar-refractivity contribution in [3.63, 3.8) is 0 Å². The first-order valence-corrected chi connectivity index (χ1v) is 1.99. The summed E-state index contributed by atoms with van der Waals surface area (Å²) in [5.74, 6) is 2.53. The van der Waals surface area contributed by atoms with Crippen molar-refractivity contribution < 1.29 is 0 Å². The zero-order chi connectivity index (χ0) is 6.24. The van der Waals surface area contributed by atoms with E-state index < -0.39 is 0 Å². The van der Waals surface area contributed by atoms with E-state index in [1.165, 1.54) is 6.34 Å². The first kappa shape index (κ1) is 6.52. The molecule has 0 rings (SSSR count). The molecule has 0 aliphatic rings. The molecule has 0 aliphatic heterocycles. The normalized spacial score (nSPS) is 7.00. The van der Waals surface area contributed by atoms with Crippen molar-refractivity contribution in [2.45, 2.75) is 6.92 Å². The lowest BCUT2D eigenvalue weighted by molar-refractivity contribution is 1.29. The van der Waals surface area contributed by atoms with Gasteiger partial charge in [0.1, 0.15) is 6.34 Å². The van der Waals surface area contributed by atoms with Crippen LogP contribution in [0.3, 0.4) is 0 Å². The largest absolute Gasteiger partial charge is 0.282 e. The molecule has 1 N–H and O–H groups in total. The summed E-state index contributed by atoms with van der Waals surface area (Å²) in [6.45, 7) is 1.67. The molecule has 0 atom stereocenters. The number of rotatable bonds is 1. The molecule has 0 saturated heterocycles. The van der Waals surface area contributed by atoms with Crippen LogP contribution < -0.4 is 5.32 Å². The average molecular weight is 107 g/mol. The van der Waals surface area contributed by atoms with E-state index in [1.807, 2.05) is 0 Å². The summed E-state index contributed by atoms with van der Waals surface area (Å²) in [5, 5.41) is 10.1. The Morgan fingerprint density at radius 1 is 1.75 bits per heavy atom. The minimum atomic E-state index is 1.23. The van der Waals surface area contributed by atoms with Crippen molar-refractivity contribution in [1.82, 2.24) is 5.32 Å². The second-order valence-electron chi connectivity index (χ2n) is 0.876. The highest BCUT2D eigenvalue weighted by Gasteiger charge is 1.59. The molecular formula is C5H5N3. The van der Waals surface area contributed by atoms with Crippen molar-refractivity contribution in [1.29, 1.82) is 5.26 Å². The van der Waals surface area contributed by atoms with Crippen molar-refractivity contribution in [3.8, 4) is 18.2 Å². The van der Waals surface area contributed by atoms with Crippen LogP contribution in [0.4, 0.5) is 0 Å². The third kappa shape index (κ3) is 4.52. The Morgan fingerprint density at radius 3 is 3.00 bits per heavy atom. The van der Waals surface area contributed by atoms with E-state index in [2.05, 4.69) is 22.3 Å². The van der Waals surface area contributed by atoms with Crippen LogP contribution in [-0.2, 0) is 0 Å². The summed E-state index contributed by atoms with van der Waals surface area (Å²) in [6.07, 6.45) is 2.89. The highest BCUT2D eigenvalue weighted by molar-refractivity contribution is 5.57. The molecule has 0 heterocycles. The third-order valence-electron chi connectivity index (χ3n) is 0.370. The standard InChI is InChI=1S/C5H5N3/c1-2-3-7-5-8-4-6/h5H,1H3,(H,7,8). The Balaban J connectivity index is 3.34. The molecule has 0 unspecified atom stereocenters. The van der Waals surface area contributed by atoms with E-state index in [-0.39, 0.29) is 0 Å². The van der Waals surface area contributed by atoms with Gasteiger partial charge in [-0.1, -0.05) is 5.92 Å². The molecule has 3 heteroatoms. The number of hydrogen-bond donors (Lipinski definition) is 1. The molecule has 8 heavy (non-hydrogen) atoms. The Labute approximate surface area is 48.0 Å². The van der Waals surface area contributed by atoms with Crippen LogP contribution in [0.1, 0.15) is 6.92 Å². The van der Waals surface area contributed by atoms with E-state index in [4.69, 9.17) is 5.26 Å². The number of nitrogens with zero attached hydrogens (tertiary/aromatic N) is 2. The Morgan fingerprint density at radius 2 is 2.50 bits per heavy atom. The number of nitrogens with one attached hydrogen (secondary N) is 1. The molecule has 0 amide bonds. The van der Waals surface area contributed by atoms with Crippen molar-refractivity contribution >= 4 is 6.34 Å². The minimum absolute atomic E-state index is 1.23. The predicted octanol–water partition coefficient (Wildman–Crippen LogP) is 0.0662. The SMILES string of the molecule is CC#CN=CNC#N. The molecule has 0 fully saturated rings. The Bertz CT molecular complexity index is 164. The fraction of sp³-hybridized carbons (Fsp3) is 0.200. The van der Waals surface area contributed by atoms with Gasteiger partial charge in [-0.05, 0) is 6.92 Å². The monoisotopic (exact) mass is 107 g/mol. The van der Waals surface area contributed by atoms with Crippen LogP contribution in [0.2, 0.25) is 0 Å². The molecule has 0 aromatic rings. The maximum atomic E-state index is 7.87. The van der Waals surface area contributed by atoms with Gasteiger partial charge in [0, 0.05) is 6.04 Å². The van der Waals surface area contributed by atoms with E-state index in [0.717, 1.165) is 0 Å². The lowest BCUT2D eigenvalue weighted by atomic mass is 10.8. The topological polar surface area (TPSA) is 48.2 Å². The fourth-order valence-electron chi connectivity index (χ4n) is 0.158. The number of aliphatic imine (C=N–C) groups is 1. The van der Waals surface area contributed by atoms with Gasteiger partial charge < -0.3 is 0 Å². The van der Waals surface area contributed by atoms with Crippen LogP contribution in [0, 0.1) is 23.4 Å². The van der Waals surface area contributed by atoms with Crippen molar-refractivity contribution in [2.75, 3.05) is 0 Å². The second kappa shape index (κ2) is 5.52. The maximum absolute atomic E-state index is 7.87. The fourth-order valence-corrected chi connectivity index (χ4v) is 0.158. The zero-order valence-electron chi connectivity index (χ0n) is 4.47. The van der Waals surface area contributed by atoms with Gasteiger partial charge in [0.25, 0.3) is 0 Å². The number of hydrogen-bond acceptors (Lipinski definition) is 2. The zero-order valence-corrected chi connectivity index (χ0v) is 4.47. The van der Waals surface area contributed by atoms with Crippen LogP contribution in [0.25, 0.3) is 0 Å². The van der Waals surface area contributed by atoms with E-state index in [1.54, 1.807) is 13.1 Å². The highest BCUT2D eigenvalue weighted by atomic mass is 14.9. The van der Waals surface area contributed by atoms with Gasteiger partial charge in [0.05, 0.1) is 0 Å². The summed E-state index contributed by atoms with van der Waals surface area (Å²) in [7, 11) is 0. The molecular weight excluding hydrogens is 102 g/mol.